The second kappa shape index (κ2) is 7.76. The van der Waals surface area contributed by atoms with Crippen LogP contribution < -0.4 is 15.2 Å². The Labute approximate surface area is 125 Å². The van der Waals surface area contributed by atoms with Crippen molar-refractivity contribution in [2.75, 3.05) is 30.4 Å². The lowest BCUT2D eigenvalue weighted by Gasteiger charge is -2.10. The molecular weight excluding hydrogens is 329 g/mol. The van der Waals surface area contributed by atoms with E-state index in [9.17, 15) is 21.6 Å². The molecule has 0 saturated carbocycles. The van der Waals surface area contributed by atoms with Crippen LogP contribution in [0.15, 0.2) is 24.3 Å². The van der Waals surface area contributed by atoms with Gasteiger partial charge < -0.3 is 10.5 Å². The fourth-order valence-electron chi connectivity index (χ4n) is 1.31. The lowest BCUT2D eigenvalue weighted by atomic mass is 10.3. The van der Waals surface area contributed by atoms with Crippen LogP contribution in [0.5, 0.6) is 5.75 Å². The molecule has 1 aromatic carbocycles. The van der Waals surface area contributed by atoms with Crippen molar-refractivity contribution in [3.8, 4) is 5.75 Å². The standard InChI is InChI=1S/C11H15F3N2O3S2/c12-11(13,14)20-7-5-16-21(17,18)8-6-19-10-4-2-1-3-9(10)15/h1-4,16H,5-8,15H2. The van der Waals surface area contributed by atoms with Gasteiger partial charge in [0.2, 0.25) is 10.0 Å². The Balaban J connectivity index is 2.29. The molecule has 0 bridgehead atoms. The molecule has 21 heavy (non-hydrogen) atoms. The molecule has 0 aromatic heterocycles. The van der Waals surface area contributed by atoms with E-state index >= 15 is 0 Å². The molecule has 0 saturated heterocycles. The zero-order chi connectivity index (χ0) is 15.9. The van der Waals surface area contributed by atoms with Crippen LogP contribution in [0.3, 0.4) is 0 Å². The number of hydrogen-bond acceptors (Lipinski definition) is 5. The van der Waals surface area contributed by atoms with E-state index in [0.717, 1.165) is 0 Å². The van der Waals surface area contributed by atoms with Crippen molar-refractivity contribution in [2.45, 2.75) is 5.51 Å². The largest absolute Gasteiger partial charge is 0.490 e. The first-order valence-electron chi connectivity index (χ1n) is 5.85. The minimum absolute atomic E-state index is 0.143. The smallest absolute Gasteiger partial charge is 0.441 e. The van der Waals surface area contributed by atoms with E-state index in [2.05, 4.69) is 4.72 Å². The van der Waals surface area contributed by atoms with Crippen LogP contribution in [-0.2, 0) is 10.0 Å². The zero-order valence-electron chi connectivity index (χ0n) is 10.9. The number of alkyl halides is 3. The maximum Gasteiger partial charge on any atom is 0.441 e. The van der Waals surface area contributed by atoms with Gasteiger partial charge >= 0.3 is 5.51 Å². The summed E-state index contributed by atoms with van der Waals surface area (Å²) in [6.07, 6.45) is 0. The molecule has 120 valence electrons. The number of hydrogen-bond donors (Lipinski definition) is 2. The van der Waals surface area contributed by atoms with Gasteiger partial charge in [0.1, 0.15) is 12.4 Å². The van der Waals surface area contributed by atoms with Crippen LogP contribution in [-0.4, -0.2) is 38.6 Å². The van der Waals surface area contributed by atoms with E-state index < -0.39 is 15.5 Å². The van der Waals surface area contributed by atoms with Crippen LogP contribution in [0.4, 0.5) is 18.9 Å². The summed E-state index contributed by atoms with van der Waals surface area (Å²) in [4.78, 5) is 0. The monoisotopic (exact) mass is 344 g/mol. The Hall–Kier alpha value is -1.13. The number of thioether (sulfide) groups is 1. The molecule has 0 spiro atoms. The van der Waals surface area contributed by atoms with Crippen molar-refractivity contribution < 1.29 is 26.3 Å². The number of halogens is 3. The van der Waals surface area contributed by atoms with Crippen LogP contribution in [0.2, 0.25) is 0 Å². The van der Waals surface area contributed by atoms with E-state index in [4.69, 9.17) is 10.5 Å². The van der Waals surface area contributed by atoms with Gasteiger partial charge in [0.05, 0.1) is 11.4 Å². The van der Waals surface area contributed by atoms with E-state index in [1.165, 1.54) is 0 Å². The van der Waals surface area contributed by atoms with Crippen molar-refractivity contribution in [3.63, 3.8) is 0 Å². The van der Waals surface area contributed by atoms with Crippen molar-refractivity contribution in [2.24, 2.45) is 0 Å². The second-order valence-corrected chi connectivity index (χ2v) is 6.98. The third kappa shape index (κ3) is 8.02. The first kappa shape index (κ1) is 17.9. The molecular formula is C11H15F3N2O3S2. The van der Waals surface area contributed by atoms with Gasteiger partial charge in [0, 0.05) is 12.3 Å². The van der Waals surface area contributed by atoms with Gasteiger partial charge in [-0.1, -0.05) is 12.1 Å². The molecule has 0 amide bonds. The number of nitrogens with one attached hydrogen (secondary N) is 1. The Kier molecular flexibility index (Phi) is 6.62. The zero-order valence-corrected chi connectivity index (χ0v) is 12.5. The van der Waals surface area contributed by atoms with Gasteiger partial charge in [-0.2, -0.15) is 13.2 Å². The third-order valence-corrected chi connectivity index (χ3v) is 4.30. The van der Waals surface area contributed by atoms with Crippen molar-refractivity contribution in [1.29, 1.82) is 0 Å². The highest BCUT2D eigenvalue weighted by Crippen LogP contribution is 2.29. The molecule has 0 aliphatic rings. The molecule has 1 aromatic rings. The van der Waals surface area contributed by atoms with E-state index in [1.54, 1.807) is 24.3 Å². The summed E-state index contributed by atoms with van der Waals surface area (Å²) in [6, 6.07) is 6.59. The molecule has 5 nitrogen and oxygen atoms in total. The van der Waals surface area contributed by atoms with Gasteiger partial charge in [-0.3, -0.25) is 0 Å². The summed E-state index contributed by atoms with van der Waals surface area (Å²) in [6.45, 7) is -0.435. The van der Waals surface area contributed by atoms with Crippen molar-refractivity contribution in [3.05, 3.63) is 24.3 Å². The van der Waals surface area contributed by atoms with Gasteiger partial charge in [0.25, 0.3) is 0 Å². The van der Waals surface area contributed by atoms with Gasteiger partial charge in [-0.25, -0.2) is 13.1 Å². The molecule has 0 unspecified atom stereocenters. The van der Waals surface area contributed by atoms with Crippen LogP contribution in [0.25, 0.3) is 0 Å². The van der Waals surface area contributed by atoms with Gasteiger partial charge in [-0.05, 0) is 23.9 Å². The maximum atomic E-state index is 11.9. The van der Waals surface area contributed by atoms with Crippen molar-refractivity contribution in [1.82, 2.24) is 4.72 Å². The number of ether oxygens (including phenoxy) is 1. The van der Waals surface area contributed by atoms with Crippen LogP contribution >= 0.6 is 11.8 Å². The van der Waals surface area contributed by atoms with E-state index in [1.807, 2.05) is 0 Å². The highest BCUT2D eigenvalue weighted by atomic mass is 32.2. The molecule has 3 N–H and O–H groups in total. The lowest BCUT2D eigenvalue weighted by molar-refractivity contribution is -0.0327. The molecule has 0 heterocycles. The van der Waals surface area contributed by atoms with Crippen LogP contribution in [0, 0.1) is 0 Å². The number of sulfonamides is 1. The summed E-state index contributed by atoms with van der Waals surface area (Å²) in [5.74, 6) is -0.381. The summed E-state index contributed by atoms with van der Waals surface area (Å²) in [5.41, 5.74) is 1.63. The SMILES string of the molecule is Nc1ccccc1OCCS(=O)(=O)NCCSC(F)(F)F. The highest BCUT2D eigenvalue weighted by Gasteiger charge is 2.27. The average Bonchev–Trinajstić information content (AvgIpc) is 2.36. The Morgan fingerprint density at radius 1 is 1.29 bits per heavy atom. The Morgan fingerprint density at radius 2 is 1.95 bits per heavy atom. The van der Waals surface area contributed by atoms with Gasteiger partial charge in [0.15, 0.2) is 0 Å². The fraction of sp³-hybridized carbons (Fsp3) is 0.455. The first-order chi connectivity index (χ1) is 9.70. The molecule has 0 fully saturated rings. The van der Waals surface area contributed by atoms with Gasteiger partial charge in [-0.15, -0.1) is 0 Å². The lowest BCUT2D eigenvalue weighted by Crippen LogP contribution is -2.31. The molecule has 0 radical (unpaired) electrons. The normalized spacial score (nSPS) is 12.3. The second-order valence-electron chi connectivity index (χ2n) is 3.89. The van der Waals surface area contributed by atoms with Crippen LogP contribution in [0.1, 0.15) is 0 Å². The minimum Gasteiger partial charge on any atom is -0.490 e. The first-order valence-corrected chi connectivity index (χ1v) is 8.49. The number of nitrogen functional groups attached to an aromatic ring is 1. The predicted octanol–water partition coefficient (Wildman–Crippen LogP) is 1.82. The highest BCUT2D eigenvalue weighted by molar-refractivity contribution is 8.00. The van der Waals surface area contributed by atoms with Crippen molar-refractivity contribution >= 4 is 27.5 Å². The quantitative estimate of drug-likeness (QED) is 0.555. The summed E-state index contributed by atoms with van der Waals surface area (Å²) < 4.78 is 65.9. The summed E-state index contributed by atoms with van der Waals surface area (Å²) in [5, 5.41) is 0. The molecule has 1 rings (SSSR count). The number of rotatable bonds is 8. The van der Waals surface area contributed by atoms with E-state index in [-0.39, 0.29) is 36.4 Å². The number of nitrogens with two attached hydrogens (primary N) is 1. The molecule has 0 aliphatic carbocycles. The molecule has 10 heteroatoms. The third-order valence-electron chi connectivity index (χ3n) is 2.22. The molecule has 0 aliphatic heterocycles. The Morgan fingerprint density at radius 3 is 2.57 bits per heavy atom. The fourth-order valence-corrected chi connectivity index (χ4v) is 2.73. The number of benzene rings is 1. The summed E-state index contributed by atoms with van der Waals surface area (Å²) >= 11 is -0.278. The summed E-state index contributed by atoms with van der Waals surface area (Å²) in [7, 11) is -3.68. The van der Waals surface area contributed by atoms with E-state index in [0.29, 0.717) is 11.4 Å². The minimum atomic E-state index is -4.36. The number of para-hydroxylation sites is 2. The maximum absolute atomic E-state index is 11.9. The number of anilines is 1. The molecule has 0 atom stereocenters. The Bertz CT molecular complexity index is 550. The average molecular weight is 344 g/mol. The topological polar surface area (TPSA) is 81.4 Å². The predicted molar refractivity (Wildman–Crippen MR) is 76.7 cm³/mol.